The number of benzene rings is 2. The lowest BCUT2D eigenvalue weighted by Crippen LogP contribution is -2.61. The number of piperazine rings is 1. The Balaban J connectivity index is 1.81. The summed E-state index contributed by atoms with van der Waals surface area (Å²) in [5, 5.41) is 3.84. The van der Waals surface area contributed by atoms with Gasteiger partial charge < -0.3 is 5.32 Å². The average Bonchev–Trinajstić information content (AvgIpc) is 2.59. The van der Waals surface area contributed by atoms with Gasteiger partial charge in [-0.15, -0.1) is 0 Å². The molecule has 0 bridgehead atoms. The van der Waals surface area contributed by atoms with Crippen LogP contribution in [0.1, 0.15) is 38.3 Å². The van der Waals surface area contributed by atoms with Crippen LogP contribution in [0, 0.1) is 5.92 Å². The molecule has 2 heteroatoms. The minimum Gasteiger partial charge on any atom is -0.305 e. The summed E-state index contributed by atoms with van der Waals surface area (Å²) in [4.78, 5) is 2.68. The molecular weight excluding hydrogens is 292 g/mol. The lowest BCUT2D eigenvalue weighted by molar-refractivity contribution is 0.0671. The van der Waals surface area contributed by atoms with Crippen molar-refractivity contribution >= 4 is 0 Å². The SMILES string of the molecule is CC(C)CC1CNC(C)(c2ccccc2)CN1Cc1ccccc1. The van der Waals surface area contributed by atoms with E-state index in [9.17, 15) is 0 Å². The van der Waals surface area contributed by atoms with Crippen LogP contribution in [0.4, 0.5) is 0 Å². The van der Waals surface area contributed by atoms with Crippen LogP contribution in [0.2, 0.25) is 0 Å². The summed E-state index contributed by atoms with van der Waals surface area (Å²) >= 11 is 0. The zero-order valence-electron chi connectivity index (χ0n) is 15.2. The van der Waals surface area contributed by atoms with E-state index in [1.807, 2.05) is 0 Å². The summed E-state index contributed by atoms with van der Waals surface area (Å²) in [6.07, 6.45) is 1.24. The molecule has 3 rings (SSSR count). The lowest BCUT2D eigenvalue weighted by atomic mass is 9.86. The van der Waals surface area contributed by atoms with Gasteiger partial charge in [-0.05, 0) is 30.4 Å². The maximum absolute atomic E-state index is 3.84. The van der Waals surface area contributed by atoms with E-state index in [1.54, 1.807) is 0 Å². The van der Waals surface area contributed by atoms with Gasteiger partial charge in [-0.1, -0.05) is 74.5 Å². The van der Waals surface area contributed by atoms with Crippen molar-refractivity contribution in [3.05, 3.63) is 71.8 Å². The maximum atomic E-state index is 3.84. The summed E-state index contributed by atoms with van der Waals surface area (Å²) in [5.74, 6) is 0.719. The molecule has 0 amide bonds. The Morgan fingerprint density at radius 1 is 1.04 bits per heavy atom. The fourth-order valence-corrected chi connectivity index (χ4v) is 3.84. The van der Waals surface area contributed by atoms with E-state index in [0.29, 0.717) is 6.04 Å². The fourth-order valence-electron chi connectivity index (χ4n) is 3.84. The van der Waals surface area contributed by atoms with Crippen molar-refractivity contribution in [3.63, 3.8) is 0 Å². The Labute approximate surface area is 146 Å². The van der Waals surface area contributed by atoms with Crippen LogP contribution in [0.15, 0.2) is 60.7 Å². The van der Waals surface area contributed by atoms with Crippen molar-refractivity contribution in [2.24, 2.45) is 5.92 Å². The Kier molecular flexibility index (Phi) is 5.37. The Bertz CT molecular complexity index is 623. The molecule has 0 radical (unpaired) electrons. The highest BCUT2D eigenvalue weighted by Crippen LogP contribution is 2.29. The van der Waals surface area contributed by atoms with Gasteiger partial charge in [-0.2, -0.15) is 0 Å². The van der Waals surface area contributed by atoms with Crippen molar-refractivity contribution in [3.8, 4) is 0 Å². The highest BCUT2D eigenvalue weighted by atomic mass is 15.2. The number of nitrogens with zero attached hydrogens (tertiary/aromatic N) is 1. The second kappa shape index (κ2) is 7.50. The monoisotopic (exact) mass is 322 g/mol. The van der Waals surface area contributed by atoms with Crippen LogP contribution >= 0.6 is 0 Å². The molecule has 24 heavy (non-hydrogen) atoms. The van der Waals surface area contributed by atoms with E-state index in [-0.39, 0.29) is 5.54 Å². The average molecular weight is 322 g/mol. The predicted octanol–water partition coefficient (Wildman–Crippen LogP) is 4.42. The molecule has 0 aromatic heterocycles. The zero-order valence-corrected chi connectivity index (χ0v) is 15.2. The number of rotatable bonds is 5. The van der Waals surface area contributed by atoms with Crippen molar-refractivity contribution < 1.29 is 0 Å². The van der Waals surface area contributed by atoms with Crippen LogP contribution in [0.3, 0.4) is 0 Å². The van der Waals surface area contributed by atoms with Gasteiger partial charge in [0.2, 0.25) is 0 Å². The van der Waals surface area contributed by atoms with Crippen molar-refractivity contribution in [2.45, 2.75) is 45.3 Å². The minimum absolute atomic E-state index is 0.0174. The molecule has 128 valence electrons. The van der Waals surface area contributed by atoms with E-state index in [1.165, 1.54) is 17.5 Å². The summed E-state index contributed by atoms with van der Waals surface area (Å²) in [6.45, 7) is 10.1. The molecule has 1 aliphatic heterocycles. The molecule has 0 spiro atoms. The van der Waals surface area contributed by atoms with E-state index >= 15 is 0 Å². The van der Waals surface area contributed by atoms with Gasteiger partial charge in [0.1, 0.15) is 0 Å². The minimum atomic E-state index is 0.0174. The molecule has 1 heterocycles. The first-order valence-corrected chi connectivity index (χ1v) is 9.15. The number of hydrogen-bond acceptors (Lipinski definition) is 2. The first kappa shape index (κ1) is 17.2. The summed E-state index contributed by atoms with van der Waals surface area (Å²) in [6, 6.07) is 22.3. The van der Waals surface area contributed by atoms with Crippen LogP contribution < -0.4 is 5.32 Å². The quantitative estimate of drug-likeness (QED) is 0.876. The molecule has 1 saturated heterocycles. The molecule has 2 nitrogen and oxygen atoms in total. The molecular formula is C22H30N2. The molecule has 2 aromatic carbocycles. The lowest BCUT2D eigenvalue weighted by Gasteiger charge is -2.47. The van der Waals surface area contributed by atoms with Crippen LogP contribution in [-0.4, -0.2) is 24.0 Å². The van der Waals surface area contributed by atoms with E-state index in [4.69, 9.17) is 0 Å². The van der Waals surface area contributed by atoms with Gasteiger partial charge in [-0.25, -0.2) is 0 Å². The summed E-state index contributed by atoms with van der Waals surface area (Å²) in [7, 11) is 0. The molecule has 1 aliphatic rings. The number of nitrogens with one attached hydrogen (secondary N) is 1. The van der Waals surface area contributed by atoms with Gasteiger partial charge in [0.05, 0.1) is 5.54 Å². The number of hydrogen-bond donors (Lipinski definition) is 1. The Hall–Kier alpha value is -1.64. The molecule has 2 atom stereocenters. The van der Waals surface area contributed by atoms with Crippen LogP contribution in [-0.2, 0) is 12.1 Å². The van der Waals surface area contributed by atoms with Crippen LogP contribution in [0.5, 0.6) is 0 Å². The highest BCUT2D eigenvalue weighted by Gasteiger charge is 2.36. The van der Waals surface area contributed by atoms with Crippen molar-refractivity contribution in [2.75, 3.05) is 13.1 Å². The Morgan fingerprint density at radius 2 is 1.67 bits per heavy atom. The highest BCUT2D eigenvalue weighted by molar-refractivity contribution is 5.25. The van der Waals surface area contributed by atoms with Gasteiger partial charge in [0.25, 0.3) is 0 Å². The van der Waals surface area contributed by atoms with Gasteiger partial charge in [0.15, 0.2) is 0 Å². The third kappa shape index (κ3) is 4.06. The van der Waals surface area contributed by atoms with Gasteiger partial charge >= 0.3 is 0 Å². The molecule has 0 saturated carbocycles. The topological polar surface area (TPSA) is 15.3 Å². The normalized spacial score (nSPS) is 25.1. The molecule has 1 N–H and O–H groups in total. The van der Waals surface area contributed by atoms with Gasteiger partial charge in [-0.3, -0.25) is 4.90 Å². The van der Waals surface area contributed by atoms with Crippen molar-refractivity contribution in [1.29, 1.82) is 0 Å². The zero-order chi connectivity index (χ0) is 17.0. The second-order valence-corrected chi connectivity index (χ2v) is 7.75. The maximum Gasteiger partial charge on any atom is 0.0535 e. The Morgan fingerprint density at radius 3 is 2.29 bits per heavy atom. The van der Waals surface area contributed by atoms with E-state index in [0.717, 1.165) is 25.6 Å². The smallest absolute Gasteiger partial charge is 0.0535 e. The third-order valence-corrected chi connectivity index (χ3v) is 5.15. The molecule has 2 aromatic rings. The molecule has 2 unspecified atom stereocenters. The van der Waals surface area contributed by atoms with E-state index < -0.39 is 0 Å². The summed E-state index contributed by atoms with van der Waals surface area (Å²) in [5.41, 5.74) is 2.80. The first-order chi connectivity index (χ1) is 11.6. The van der Waals surface area contributed by atoms with E-state index in [2.05, 4.69) is 91.7 Å². The standard InChI is InChI=1S/C22H30N2/c1-18(2)14-21-15-23-22(3,20-12-8-5-9-13-20)17-24(21)16-19-10-6-4-7-11-19/h4-13,18,21,23H,14-17H2,1-3H3. The summed E-state index contributed by atoms with van der Waals surface area (Å²) < 4.78 is 0. The van der Waals surface area contributed by atoms with Crippen molar-refractivity contribution in [1.82, 2.24) is 10.2 Å². The fraction of sp³-hybridized carbons (Fsp3) is 0.455. The predicted molar refractivity (Wildman–Crippen MR) is 102 cm³/mol. The molecule has 0 aliphatic carbocycles. The second-order valence-electron chi connectivity index (χ2n) is 7.75. The first-order valence-electron chi connectivity index (χ1n) is 9.15. The molecule has 1 fully saturated rings. The van der Waals surface area contributed by atoms with Crippen LogP contribution in [0.25, 0.3) is 0 Å². The largest absolute Gasteiger partial charge is 0.305 e. The van der Waals surface area contributed by atoms with Gasteiger partial charge in [0, 0.05) is 25.7 Å². The third-order valence-electron chi connectivity index (χ3n) is 5.15.